The predicted octanol–water partition coefficient (Wildman–Crippen LogP) is 16.1. The molecule has 1 aliphatic carbocycles. The normalized spacial score (nSPS) is 13.0. The summed E-state index contributed by atoms with van der Waals surface area (Å²) in [5.41, 5.74) is 18.1. The Bertz CT molecular complexity index is 3160. The molecule has 1 aliphatic rings. The molecular weight excluding hydrogens is 739 g/mol. The minimum absolute atomic E-state index is 0.0965. The SMILES string of the molecule is CC(C)(C)c1ccc(-c2ccc(N(c3cccc(C4(c5ccccc5)c5ccccc5-c5ccccc54)c3)c3cccc4oc5ccc(-c6ccccc6)cc5c34)cc2)cc1. The molecule has 1 aromatic heterocycles. The van der Waals surface area contributed by atoms with Crippen LogP contribution >= 0.6 is 0 Å². The lowest BCUT2D eigenvalue weighted by atomic mass is 9.67. The number of nitrogens with zero attached hydrogens (tertiary/aromatic N) is 1. The summed E-state index contributed by atoms with van der Waals surface area (Å²) in [6, 6.07) is 79.8. The molecule has 2 heteroatoms. The number of rotatable bonds is 7. The monoisotopic (exact) mass is 783 g/mol. The van der Waals surface area contributed by atoms with E-state index in [9.17, 15) is 0 Å². The van der Waals surface area contributed by atoms with Gasteiger partial charge in [-0.15, -0.1) is 0 Å². The number of furan rings is 1. The van der Waals surface area contributed by atoms with Gasteiger partial charge in [0.15, 0.2) is 0 Å². The van der Waals surface area contributed by atoms with E-state index in [-0.39, 0.29) is 5.41 Å². The van der Waals surface area contributed by atoms with Gasteiger partial charge in [-0.3, -0.25) is 0 Å². The molecule has 11 rings (SSSR count). The molecule has 0 N–H and O–H groups in total. The van der Waals surface area contributed by atoms with E-state index in [2.05, 4.69) is 244 Å². The van der Waals surface area contributed by atoms with Gasteiger partial charge in [-0.25, -0.2) is 0 Å². The molecule has 0 saturated heterocycles. The Hall–Kier alpha value is -7.42. The largest absolute Gasteiger partial charge is 0.456 e. The molecule has 0 bridgehead atoms. The lowest BCUT2D eigenvalue weighted by Gasteiger charge is -2.35. The van der Waals surface area contributed by atoms with Gasteiger partial charge in [0.2, 0.25) is 0 Å². The first-order chi connectivity index (χ1) is 29.9. The average Bonchev–Trinajstić information content (AvgIpc) is 3.84. The summed E-state index contributed by atoms with van der Waals surface area (Å²) < 4.78 is 6.65. The van der Waals surface area contributed by atoms with Gasteiger partial charge < -0.3 is 9.32 Å². The summed E-state index contributed by atoms with van der Waals surface area (Å²) in [4.78, 5) is 2.42. The van der Waals surface area contributed by atoms with Crippen LogP contribution in [0, 0.1) is 0 Å². The molecule has 61 heavy (non-hydrogen) atoms. The van der Waals surface area contributed by atoms with E-state index in [4.69, 9.17) is 4.42 Å². The Morgan fingerprint density at radius 3 is 1.64 bits per heavy atom. The predicted molar refractivity (Wildman–Crippen MR) is 255 cm³/mol. The molecule has 0 saturated carbocycles. The summed E-state index contributed by atoms with van der Waals surface area (Å²) in [5, 5.41) is 2.17. The maximum atomic E-state index is 6.65. The van der Waals surface area contributed by atoms with E-state index in [0.29, 0.717) is 0 Å². The smallest absolute Gasteiger partial charge is 0.137 e. The van der Waals surface area contributed by atoms with Crippen LogP contribution in [-0.2, 0) is 10.8 Å². The quantitative estimate of drug-likeness (QED) is 0.160. The second-order valence-corrected chi connectivity index (χ2v) is 17.3. The van der Waals surface area contributed by atoms with E-state index < -0.39 is 5.41 Å². The van der Waals surface area contributed by atoms with Crippen molar-refractivity contribution in [3.8, 4) is 33.4 Å². The van der Waals surface area contributed by atoms with Crippen molar-refractivity contribution in [3.05, 3.63) is 246 Å². The van der Waals surface area contributed by atoms with Crippen molar-refractivity contribution in [2.24, 2.45) is 0 Å². The van der Waals surface area contributed by atoms with Crippen LogP contribution in [0.1, 0.15) is 48.6 Å². The highest BCUT2D eigenvalue weighted by Crippen LogP contribution is 2.57. The fourth-order valence-corrected chi connectivity index (χ4v) is 9.79. The topological polar surface area (TPSA) is 16.4 Å². The first-order valence-corrected chi connectivity index (χ1v) is 21.3. The van der Waals surface area contributed by atoms with Crippen LogP contribution in [0.5, 0.6) is 0 Å². The Balaban J connectivity index is 1.14. The van der Waals surface area contributed by atoms with E-state index in [1.54, 1.807) is 0 Å². The van der Waals surface area contributed by atoms with Gasteiger partial charge in [0.1, 0.15) is 11.2 Å². The van der Waals surface area contributed by atoms with E-state index >= 15 is 0 Å². The fourth-order valence-electron chi connectivity index (χ4n) is 9.79. The Kier molecular flexibility index (Phi) is 8.65. The van der Waals surface area contributed by atoms with Crippen LogP contribution < -0.4 is 4.90 Å². The third-order valence-corrected chi connectivity index (χ3v) is 12.7. The third-order valence-electron chi connectivity index (χ3n) is 12.7. The van der Waals surface area contributed by atoms with Crippen LogP contribution in [0.2, 0.25) is 0 Å². The lowest BCUT2D eigenvalue weighted by molar-refractivity contribution is 0.590. The van der Waals surface area contributed by atoms with Gasteiger partial charge >= 0.3 is 0 Å². The van der Waals surface area contributed by atoms with Crippen molar-refractivity contribution in [3.63, 3.8) is 0 Å². The molecular formula is C59H45NO. The highest BCUT2D eigenvalue weighted by atomic mass is 16.3. The van der Waals surface area contributed by atoms with Crippen LogP contribution in [0.25, 0.3) is 55.3 Å². The van der Waals surface area contributed by atoms with Gasteiger partial charge in [-0.1, -0.05) is 191 Å². The number of benzene rings is 9. The molecule has 1 heterocycles. The summed E-state index contributed by atoms with van der Waals surface area (Å²) in [6.45, 7) is 6.79. The molecule has 0 fully saturated rings. The molecule has 0 aliphatic heterocycles. The average molecular weight is 784 g/mol. The number of anilines is 3. The zero-order valence-corrected chi connectivity index (χ0v) is 34.6. The van der Waals surface area contributed by atoms with Crippen LogP contribution in [-0.4, -0.2) is 0 Å². The summed E-state index contributed by atoms with van der Waals surface area (Å²) in [6.07, 6.45) is 0. The number of fused-ring (bicyclic) bond motifs is 6. The molecule has 9 aromatic carbocycles. The van der Waals surface area contributed by atoms with E-state index in [1.807, 2.05) is 0 Å². The van der Waals surface area contributed by atoms with Crippen molar-refractivity contribution < 1.29 is 4.42 Å². The summed E-state index contributed by atoms with van der Waals surface area (Å²) in [5.74, 6) is 0. The Morgan fingerprint density at radius 1 is 0.410 bits per heavy atom. The van der Waals surface area contributed by atoms with Gasteiger partial charge in [0.25, 0.3) is 0 Å². The first kappa shape index (κ1) is 36.6. The van der Waals surface area contributed by atoms with Crippen molar-refractivity contribution in [2.45, 2.75) is 31.6 Å². The third kappa shape index (κ3) is 6.01. The number of hydrogen-bond acceptors (Lipinski definition) is 2. The second-order valence-electron chi connectivity index (χ2n) is 17.3. The van der Waals surface area contributed by atoms with Crippen molar-refractivity contribution in [1.82, 2.24) is 0 Å². The van der Waals surface area contributed by atoms with Crippen molar-refractivity contribution in [1.29, 1.82) is 0 Å². The highest BCUT2D eigenvalue weighted by molar-refractivity contribution is 6.14. The molecule has 292 valence electrons. The van der Waals surface area contributed by atoms with Crippen LogP contribution in [0.15, 0.2) is 223 Å². The molecule has 0 atom stereocenters. The first-order valence-electron chi connectivity index (χ1n) is 21.3. The molecule has 0 amide bonds. The van der Waals surface area contributed by atoms with E-state index in [1.165, 1.54) is 55.6 Å². The molecule has 0 spiro atoms. The Labute approximate surface area is 358 Å². The minimum Gasteiger partial charge on any atom is -0.456 e. The van der Waals surface area contributed by atoms with Gasteiger partial charge in [-0.05, 0) is 115 Å². The van der Waals surface area contributed by atoms with Crippen LogP contribution in [0.3, 0.4) is 0 Å². The molecule has 0 radical (unpaired) electrons. The molecule has 2 nitrogen and oxygen atoms in total. The van der Waals surface area contributed by atoms with Crippen LogP contribution in [0.4, 0.5) is 17.1 Å². The molecule has 10 aromatic rings. The highest BCUT2D eigenvalue weighted by Gasteiger charge is 2.46. The number of hydrogen-bond donors (Lipinski definition) is 0. The molecule has 0 unspecified atom stereocenters. The summed E-state index contributed by atoms with van der Waals surface area (Å²) >= 11 is 0. The Morgan fingerprint density at radius 2 is 0.967 bits per heavy atom. The second kappa shape index (κ2) is 14.4. The van der Waals surface area contributed by atoms with Gasteiger partial charge in [-0.2, -0.15) is 0 Å². The maximum absolute atomic E-state index is 6.65. The van der Waals surface area contributed by atoms with Gasteiger partial charge in [0, 0.05) is 16.8 Å². The fraction of sp³-hybridized carbons (Fsp3) is 0.0847. The lowest BCUT2D eigenvalue weighted by Crippen LogP contribution is -2.28. The van der Waals surface area contributed by atoms with Crippen molar-refractivity contribution in [2.75, 3.05) is 4.90 Å². The van der Waals surface area contributed by atoms with Crippen molar-refractivity contribution >= 4 is 39.0 Å². The zero-order chi connectivity index (χ0) is 41.1. The standard InChI is InChI=1S/C59H45NO/c1-58(2,3)44-33-28-41(29-34-44)42-30-35-47(36-31-42)60(54-26-15-27-56-57(54)51-38-43(32-37-55(51)61-56)40-16-6-4-7-17-40)48-21-14-20-46(39-48)59(45-18-8-5-9-19-45)52-24-12-10-22-49(52)50-23-11-13-25-53(50)59/h4-39H,1-3H3. The summed E-state index contributed by atoms with van der Waals surface area (Å²) in [7, 11) is 0. The maximum Gasteiger partial charge on any atom is 0.137 e. The van der Waals surface area contributed by atoms with Gasteiger partial charge in [0.05, 0.1) is 16.5 Å². The minimum atomic E-state index is -0.530. The van der Waals surface area contributed by atoms with E-state index in [0.717, 1.165) is 44.6 Å². The zero-order valence-electron chi connectivity index (χ0n) is 34.6.